The zero-order valence-corrected chi connectivity index (χ0v) is 12.3. The summed E-state index contributed by atoms with van der Waals surface area (Å²) in [6, 6.07) is 18.7. The maximum absolute atomic E-state index is 13.3. The smallest absolute Gasteiger partial charge is 0.280 e. The topological polar surface area (TPSA) is 38.8 Å². The summed E-state index contributed by atoms with van der Waals surface area (Å²) < 4.78 is 24.6. The van der Waals surface area contributed by atoms with Crippen molar-refractivity contribution in [1.29, 1.82) is 0 Å². The van der Waals surface area contributed by atoms with Crippen LogP contribution in [0, 0.1) is 0 Å². The number of hydrogen-bond acceptors (Lipinski definition) is 3. The van der Waals surface area contributed by atoms with Gasteiger partial charge in [0.15, 0.2) is 0 Å². The fourth-order valence-electron chi connectivity index (χ4n) is 2.14. The van der Waals surface area contributed by atoms with Crippen LogP contribution in [0.1, 0.15) is 6.92 Å². The van der Waals surface area contributed by atoms with Crippen LogP contribution in [0.2, 0.25) is 0 Å². The summed E-state index contributed by atoms with van der Waals surface area (Å²) >= 11 is 0. The molecule has 0 N–H and O–H groups in total. The van der Waals surface area contributed by atoms with Crippen molar-refractivity contribution in [2.45, 2.75) is 12.5 Å². The molecule has 0 radical (unpaired) electrons. The van der Waals surface area contributed by atoms with E-state index in [4.69, 9.17) is 9.26 Å². The van der Waals surface area contributed by atoms with Gasteiger partial charge in [-0.15, -0.1) is 0 Å². The molecule has 1 aliphatic rings. The second-order valence-corrected chi connectivity index (χ2v) is 7.67. The number of para-hydroxylation sites is 1. The second kappa shape index (κ2) is 5.08. The van der Waals surface area contributed by atoms with Crippen molar-refractivity contribution in [2.75, 3.05) is 12.8 Å². The van der Waals surface area contributed by atoms with Gasteiger partial charge in [-0.05, 0) is 31.2 Å². The first-order valence-corrected chi connectivity index (χ1v) is 8.44. The fraction of sp³-hybridized carbons (Fsp3) is 0.250. The molecule has 2 atom stereocenters. The van der Waals surface area contributed by atoms with Gasteiger partial charge >= 0.3 is 0 Å². The fourth-order valence-corrected chi connectivity index (χ4v) is 4.64. The summed E-state index contributed by atoms with van der Waals surface area (Å²) in [6.07, 6.45) is 0.402. The lowest BCUT2D eigenvalue weighted by Crippen LogP contribution is -2.21. The molecule has 0 bridgehead atoms. The van der Waals surface area contributed by atoms with Gasteiger partial charge in [0.2, 0.25) is 0 Å². The van der Waals surface area contributed by atoms with Crippen LogP contribution in [0.4, 0.5) is 0 Å². The van der Waals surface area contributed by atoms with E-state index in [9.17, 15) is 4.57 Å². The van der Waals surface area contributed by atoms with Crippen molar-refractivity contribution in [3.05, 3.63) is 60.7 Å². The molecular formula is C16H17O3P. The number of epoxide rings is 1. The number of ether oxygens (including phenoxy) is 1. The molecule has 0 saturated carbocycles. The van der Waals surface area contributed by atoms with Gasteiger partial charge in [-0.2, -0.15) is 0 Å². The lowest BCUT2D eigenvalue weighted by atomic mass is 10.3. The van der Waals surface area contributed by atoms with Gasteiger partial charge in [-0.25, -0.2) is 0 Å². The van der Waals surface area contributed by atoms with Crippen LogP contribution in [-0.4, -0.2) is 18.4 Å². The van der Waals surface area contributed by atoms with Crippen LogP contribution in [0.5, 0.6) is 5.75 Å². The first kappa shape index (κ1) is 13.4. The van der Waals surface area contributed by atoms with Gasteiger partial charge < -0.3 is 9.26 Å². The largest absolute Gasteiger partial charge is 0.440 e. The lowest BCUT2D eigenvalue weighted by molar-refractivity contribution is 0.340. The highest BCUT2D eigenvalue weighted by molar-refractivity contribution is 7.67. The summed E-state index contributed by atoms with van der Waals surface area (Å²) in [4.78, 5) is 0. The molecule has 2 aromatic rings. The van der Waals surface area contributed by atoms with Gasteiger partial charge in [0.1, 0.15) is 5.75 Å². The van der Waals surface area contributed by atoms with E-state index in [1.165, 1.54) is 0 Å². The number of rotatable bonds is 5. The summed E-state index contributed by atoms with van der Waals surface area (Å²) in [5.74, 6) is 0.629. The Bertz CT molecular complexity index is 621. The van der Waals surface area contributed by atoms with Crippen molar-refractivity contribution in [2.24, 2.45) is 0 Å². The average molecular weight is 288 g/mol. The molecule has 0 amide bonds. The molecule has 1 fully saturated rings. The monoisotopic (exact) mass is 288 g/mol. The third kappa shape index (κ3) is 2.95. The Morgan fingerprint density at radius 3 is 2.20 bits per heavy atom. The zero-order valence-electron chi connectivity index (χ0n) is 11.4. The third-order valence-electron chi connectivity index (χ3n) is 3.33. The molecule has 20 heavy (non-hydrogen) atoms. The van der Waals surface area contributed by atoms with Crippen LogP contribution in [0.25, 0.3) is 0 Å². The Hall–Kier alpha value is -1.57. The Kier molecular flexibility index (Phi) is 3.41. The average Bonchev–Trinajstić information content (AvgIpc) is 3.18. The van der Waals surface area contributed by atoms with Gasteiger partial charge in [0.25, 0.3) is 7.37 Å². The van der Waals surface area contributed by atoms with Crippen molar-refractivity contribution in [3.8, 4) is 5.75 Å². The van der Waals surface area contributed by atoms with Crippen LogP contribution >= 0.6 is 7.37 Å². The third-order valence-corrected chi connectivity index (χ3v) is 6.00. The van der Waals surface area contributed by atoms with E-state index in [-0.39, 0.29) is 5.60 Å². The van der Waals surface area contributed by atoms with Crippen LogP contribution in [0.15, 0.2) is 60.7 Å². The van der Waals surface area contributed by atoms with E-state index in [1.54, 1.807) is 0 Å². The Morgan fingerprint density at radius 1 is 1.10 bits per heavy atom. The van der Waals surface area contributed by atoms with Crippen molar-refractivity contribution >= 4 is 12.7 Å². The van der Waals surface area contributed by atoms with Crippen LogP contribution in [0.3, 0.4) is 0 Å². The van der Waals surface area contributed by atoms with Gasteiger partial charge in [-0.1, -0.05) is 36.4 Å². The minimum absolute atomic E-state index is 0.319. The van der Waals surface area contributed by atoms with Gasteiger partial charge in [-0.3, -0.25) is 4.57 Å². The quantitative estimate of drug-likeness (QED) is 0.624. The minimum Gasteiger partial charge on any atom is -0.440 e. The molecule has 1 heterocycles. The predicted molar refractivity (Wildman–Crippen MR) is 80.0 cm³/mol. The van der Waals surface area contributed by atoms with Crippen LogP contribution in [-0.2, 0) is 9.30 Å². The summed E-state index contributed by atoms with van der Waals surface area (Å²) in [7, 11) is -2.98. The Labute approximate surface area is 119 Å². The highest BCUT2D eigenvalue weighted by Crippen LogP contribution is 2.51. The van der Waals surface area contributed by atoms with Crippen LogP contribution < -0.4 is 9.83 Å². The van der Waals surface area contributed by atoms with Crippen molar-refractivity contribution in [3.63, 3.8) is 0 Å². The molecule has 4 heteroatoms. The maximum atomic E-state index is 13.3. The van der Waals surface area contributed by atoms with Crippen molar-refractivity contribution in [1.82, 2.24) is 0 Å². The predicted octanol–water partition coefficient (Wildman–Crippen LogP) is 3.46. The highest BCUT2D eigenvalue weighted by Gasteiger charge is 2.47. The van der Waals surface area contributed by atoms with E-state index in [2.05, 4.69) is 0 Å². The standard InChI is InChI=1S/C16H17O3P/c1-16(12-18-16)13-20(17,15-10-6-3-7-11-15)19-14-8-4-2-5-9-14/h2-11H,12-13H2,1H3. The Morgan fingerprint density at radius 2 is 1.65 bits per heavy atom. The molecule has 1 saturated heterocycles. The summed E-state index contributed by atoms with van der Waals surface area (Å²) in [5.41, 5.74) is -0.319. The molecule has 0 aliphatic carbocycles. The van der Waals surface area contributed by atoms with Gasteiger partial charge in [0, 0.05) is 5.30 Å². The SMILES string of the molecule is CC1(CP(=O)(Oc2ccccc2)c2ccccc2)CO1. The van der Waals surface area contributed by atoms with E-state index in [0.29, 0.717) is 18.5 Å². The second-order valence-electron chi connectivity index (χ2n) is 5.31. The molecule has 1 aliphatic heterocycles. The highest BCUT2D eigenvalue weighted by atomic mass is 31.2. The van der Waals surface area contributed by atoms with Gasteiger partial charge in [0.05, 0.1) is 18.4 Å². The normalized spacial score (nSPS) is 23.9. The maximum Gasteiger partial charge on any atom is 0.280 e. The van der Waals surface area contributed by atoms with Crippen molar-refractivity contribution < 1.29 is 13.8 Å². The molecule has 3 rings (SSSR count). The van der Waals surface area contributed by atoms with E-state index >= 15 is 0 Å². The Balaban J connectivity index is 1.93. The van der Waals surface area contributed by atoms with E-state index in [0.717, 1.165) is 5.30 Å². The summed E-state index contributed by atoms with van der Waals surface area (Å²) in [6.45, 7) is 2.61. The number of hydrogen-bond donors (Lipinski definition) is 0. The zero-order chi connectivity index (χ0) is 14.1. The summed E-state index contributed by atoms with van der Waals surface area (Å²) in [5, 5.41) is 0.737. The molecule has 0 spiro atoms. The first-order chi connectivity index (χ1) is 9.60. The molecule has 2 aromatic carbocycles. The van der Waals surface area contributed by atoms with E-state index < -0.39 is 7.37 Å². The molecule has 3 nitrogen and oxygen atoms in total. The number of benzene rings is 2. The lowest BCUT2D eigenvalue weighted by Gasteiger charge is -2.21. The van der Waals surface area contributed by atoms with E-state index in [1.807, 2.05) is 67.6 Å². The molecule has 0 aromatic heterocycles. The molecule has 2 unspecified atom stereocenters. The molecule has 104 valence electrons. The minimum atomic E-state index is -2.98. The first-order valence-electron chi connectivity index (χ1n) is 6.63. The molecular weight excluding hydrogens is 271 g/mol.